The lowest BCUT2D eigenvalue weighted by Crippen LogP contribution is -2.44. The number of nitrogens with zero attached hydrogens (tertiary/aromatic N) is 2. The molecule has 4 rings (SSSR count). The van der Waals surface area contributed by atoms with Gasteiger partial charge in [-0.2, -0.15) is 0 Å². The summed E-state index contributed by atoms with van der Waals surface area (Å²) in [5, 5.41) is 26.0. The van der Waals surface area contributed by atoms with Crippen LogP contribution in [0.4, 0.5) is 0 Å². The van der Waals surface area contributed by atoms with Gasteiger partial charge in [0.15, 0.2) is 0 Å². The molecule has 184 valence electrons. The maximum Gasteiger partial charge on any atom is 0.0950 e. The molecule has 30 heavy (non-hydrogen) atoms. The van der Waals surface area contributed by atoms with Crippen LogP contribution in [0.3, 0.4) is 0 Å². The number of rotatable bonds is 2. The van der Waals surface area contributed by atoms with Gasteiger partial charge in [-0.05, 0) is 39.0 Å². The van der Waals surface area contributed by atoms with Crippen molar-refractivity contribution in [1.29, 1.82) is 0 Å². The first-order chi connectivity index (χ1) is 12.8. The van der Waals surface area contributed by atoms with E-state index in [4.69, 9.17) is 9.47 Å². The Hall–Kier alpha value is 0.840. The van der Waals surface area contributed by atoms with Crippen molar-refractivity contribution in [3.63, 3.8) is 0 Å². The second-order valence-corrected chi connectivity index (χ2v) is 7.62. The zero-order chi connectivity index (χ0) is 18.2. The fourth-order valence-electron chi connectivity index (χ4n) is 4.16. The topological polar surface area (TPSA) is 89.5 Å². The molecule has 4 heterocycles. The second kappa shape index (κ2) is 18.3. The lowest BCUT2D eigenvalue weighted by molar-refractivity contribution is 0.0856. The first-order valence-electron chi connectivity index (χ1n) is 10.2. The van der Waals surface area contributed by atoms with E-state index in [9.17, 15) is 10.2 Å². The van der Waals surface area contributed by atoms with E-state index >= 15 is 0 Å². The number of hydrogen-bond donors (Lipinski definition) is 4. The predicted octanol–water partition coefficient (Wildman–Crippen LogP) is -0.230. The zero-order valence-electron chi connectivity index (χ0n) is 17.4. The average molecular weight is 518 g/mol. The summed E-state index contributed by atoms with van der Waals surface area (Å²) in [6, 6.07) is 0.472. The third-order valence-corrected chi connectivity index (χ3v) is 5.73. The molecular formula is C18H40Cl4N4O4. The quantitative estimate of drug-likeness (QED) is 0.399. The molecule has 12 heteroatoms. The van der Waals surface area contributed by atoms with Crippen LogP contribution in [0, 0.1) is 0 Å². The summed E-state index contributed by atoms with van der Waals surface area (Å²) in [7, 11) is 0. The molecule has 4 N–H and O–H groups in total. The van der Waals surface area contributed by atoms with Crippen LogP contribution < -0.4 is 10.6 Å². The van der Waals surface area contributed by atoms with E-state index in [-0.39, 0.29) is 73.9 Å². The van der Waals surface area contributed by atoms with Gasteiger partial charge in [-0.3, -0.25) is 9.80 Å². The van der Waals surface area contributed by atoms with Gasteiger partial charge in [0.05, 0.1) is 50.7 Å². The van der Waals surface area contributed by atoms with Crippen LogP contribution in [-0.4, -0.2) is 123 Å². The van der Waals surface area contributed by atoms with Crippen molar-refractivity contribution in [3.8, 4) is 0 Å². The number of ether oxygens (including phenoxy) is 2. The molecule has 0 aromatic rings. The highest BCUT2D eigenvalue weighted by Gasteiger charge is 2.32. The number of nitrogens with one attached hydrogen (secondary N) is 2. The Bertz CT molecular complexity index is 368. The number of halogens is 4. The molecule has 0 aromatic carbocycles. The molecule has 0 radical (unpaired) electrons. The standard InChI is InChI=1S/2C9H18N2O2.4ClH/c2*12-9-7-13-6-8(9)11-4-1-2-10-3-5-11;;;;/h2*8-10,12H,1-7H2;4*1H/t2*8-,9-;;;;/m10..../s1. The summed E-state index contributed by atoms with van der Waals surface area (Å²) in [4.78, 5) is 4.69. The molecular weight excluding hydrogens is 478 g/mol. The van der Waals surface area contributed by atoms with Crippen LogP contribution in [0.15, 0.2) is 0 Å². The van der Waals surface area contributed by atoms with Gasteiger partial charge in [-0.1, -0.05) is 0 Å². The molecule has 4 aliphatic rings. The van der Waals surface area contributed by atoms with Gasteiger partial charge in [0.2, 0.25) is 0 Å². The van der Waals surface area contributed by atoms with Gasteiger partial charge in [0, 0.05) is 26.2 Å². The highest BCUT2D eigenvalue weighted by atomic mass is 35.5. The Morgan fingerprint density at radius 2 is 0.967 bits per heavy atom. The smallest absolute Gasteiger partial charge is 0.0950 e. The third kappa shape index (κ3) is 10.2. The largest absolute Gasteiger partial charge is 0.389 e. The Kier molecular flexibility index (Phi) is 20.1. The fraction of sp³-hybridized carbons (Fsp3) is 1.00. The number of aliphatic hydroxyl groups is 2. The van der Waals surface area contributed by atoms with E-state index in [1.807, 2.05) is 0 Å². The van der Waals surface area contributed by atoms with Crippen molar-refractivity contribution in [2.75, 3.05) is 78.8 Å². The lowest BCUT2D eigenvalue weighted by atomic mass is 10.2. The highest BCUT2D eigenvalue weighted by molar-refractivity contribution is 5.86. The van der Waals surface area contributed by atoms with Crippen molar-refractivity contribution in [2.45, 2.75) is 37.1 Å². The lowest BCUT2D eigenvalue weighted by Gasteiger charge is -2.27. The Labute approximate surface area is 205 Å². The summed E-state index contributed by atoms with van der Waals surface area (Å²) in [5.41, 5.74) is 0. The van der Waals surface area contributed by atoms with Crippen LogP contribution in [0.5, 0.6) is 0 Å². The maximum absolute atomic E-state index is 9.65. The number of hydrogen-bond acceptors (Lipinski definition) is 8. The molecule has 4 aliphatic heterocycles. The normalized spacial score (nSPS) is 32.6. The molecule has 4 atom stereocenters. The average Bonchev–Trinajstić information content (AvgIpc) is 3.06. The molecule has 0 bridgehead atoms. The van der Waals surface area contributed by atoms with Crippen molar-refractivity contribution in [3.05, 3.63) is 0 Å². The minimum atomic E-state index is -0.280. The zero-order valence-corrected chi connectivity index (χ0v) is 20.7. The van der Waals surface area contributed by atoms with Crippen molar-refractivity contribution >= 4 is 49.6 Å². The van der Waals surface area contributed by atoms with Crippen LogP contribution in [0.25, 0.3) is 0 Å². The molecule has 0 aliphatic carbocycles. The molecule has 0 saturated carbocycles. The van der Waals surface area contributed by atoms with Crippen molar-refractivity contribution in [2.24, 2.45) is 0 Å². The Morgan fingerprint density at radius 3 is 1.30 bits per heavy atom. The number of aliphatic hydroxyl groups excluding tert-OH is 2. The molecule has 0 aromatic heterocycles. The molecule has 8 nitrogen and oxygen atoms in total. The van der Waals surface area contributed by atoms with Crippen LogP contribution in [0.1, 0.15) is 12.8 Å². The molecule has 0 unspecified atom stereocenters. The van der Waals surface area contributed by atoms with Gasteiger partial charge < -0.3 is 30.3 Å². The summed E-state index contributed by atoms with van der Waals surface area (Å²) >= 11 is 0. The molecule has 0 amide bonds. The van der Waals surface area contributed by atoms with E-state index in [0.29, 0.717) is 26.4 Å². The Morgan fingerprint density at radius 1 is 0.567 bits per heavy atom. The van der Waals surface area contributed by atoms with Gasteiger partial charge in [-0.15, -0.1) is 49.6 Å². The highest BCUT2D eigenvalue weighted by Crippen LogP contribution is 2.15. The van der Waals surface area contributed by atoms with E-state index in [1.54, 1.807) is 0 Å². The molecule has 4 saturated heterocycles. The minimum Gasteiger partial charge on any atom is -0.389 e. The fourth-order valence-corrected chi connectivity index (χ4v) is 4.16. The molecule has 0 spiro atoms. The molecule has 4 fully saturated rings. The second-order valence-electron chi connectivity index (χ2n) is 7.62. The van der Waals surface area contributed by atoms with E-state index in [1.165, 1.54) is 12.8 Å². The third-order valence-electron chi connectivity index (χ3n) is 5.73. The first-order valence-corrected chi connectivity index (χ1v) is 10.2. The van der Waals surface area contributed by atoms with Gasteiger partial charge >= 0.3 is 0 Å². The van der Waals surface area contributed by atoms with Crippen molar-refractivity contribution < 1.29 is 19.7 Å². The maximum atomic E-state index is 9.65. The van der Waals surface area contributed by atoms with E-state index < -0.39 is 0 Å². The first kappa shape index (κ1) is 33.0. The summed E-state index contributed by atoms with van der Waals surface area (Å²) in [6.07, 6.45) is 1.78. The Balaban J connectivity index is 0. The monoisotopic (exact) mass is 516 g/mol. The van der Waals surface area contributed by atoms with Crippen molar-refractivity contribution in [1.82, 2.24) is 20.4 Å². The van der Waals surface area contributed by atoms with E-state index in [0.717, 1.165) is 52.4 Å². The van der Waals surface area contributed by atoms with Gasteiger partial charge in [-0.25, -0.2) is 0 Å². The summed E-state index contributed by atoms with van der Waals surface area (Å²) in [6.45, 7) is 10.9. The minimum absolute atomic E-state index is 0. The predicted molar refractivity (Wildman–Crippen MR) is 128 cm³/mol. The van der Waals surface area contributed by atoms with Crippen LogP contribution >= 0.6 is 49.6 Å². The SMILES string of the molecule is Cl.Cl.Cl.Cl.O[C@@H]1COC[C@H]1N1CCCNCC1.O[C@H]1COC[C@@H]1N1CCCNCC1. The van der Waals surface area contributed by atoms with Gasteiger partial charge in [0.25, 0.3) is 0 Å². The summed E-state index contributed by atoms with van der Waals surface area (Å²) < 4.78 is 10.5. The summed E-state index contributed by atoms with van der Waals surface area (Å²) in [5.74, 6) is 0. The van der Waals surface area contributed by atoms with E-state index in [2.05, 4.69) is 20.4 Å². The van der Waals surface area contributed by atoms with Crippen LogP contribution in [0.2, 0.25) is 0 Å². The van der Waals surface area contributed by atoms with Gasteiger partial charge in [0.1, 0.15) is 0 Å². The van der Waals surface area contributed by atoms with Crippen LogP contribution in [-0.2, 0) is 9.47 Å².